The lowest BCUT2D eigenvalue weighted by atomic mass is 10.1. The second-order valence-electron chi connectivity index (χ2n) is 3.84. The monoisotopic (exact) mass is 249 g/mol. The average molecular weight is 250 g/mol. The molecule has 88 valence electrons. The summed E-state index contributed by atoms with van der Waals surface area (Å²) in [7, 11) is 0. The van der Waals surface area contributed by atoms with Gasteiger partial charge in [0.25, 0.3) is 5.91 Å². The normalized spacial score (nSPS) is 10.3. The number of nitrogens with one attached hydrogen (secondary N) is 2. The number of nitrogens with zero attached hydrogens (tertiary/aromatic N) is 1. The lowest BCUT2D eigenvalue weighted by Gasteiger charge is -2.07. The third-order valence-corrected chi connectivity index (χ3v) is 2.75. The van der Waals surface area contributed by atoms with Gasteiger partial charge in [-0.1, -0.05) is 17.7 Å². The molecule has 4 nitrogen and oxygen atoms in total. The molecule has 0 unspecified atom stereocenters. The van der Waals surface area contributed by atoms with Crippen molar-refractivity contribution in [2.75, 3.05) is 5.32 Å². The summed E-state index contributed by atoms with van der Waals surface area (Å²) < 4.78 is 0. The van der Waals surface area contributed by atoms with Crippen LogP contribution in [0.1, 0.15) is 21.5 Å². The van der Waals surface area contributed by atoms with Crippen LogP contribution in [0.4, 0.5) is 5.82 Å². The van der Waals surface area contributed by atoms with Crippen LogP contribution in [0.2, 0.25) is 5.02 Å². The quantitative estimate of drug-likeness (QED) is 0.860. The van der Waals surface area contributed by atoms with Gasteiger partial charge >= 0.3 is 0 Å². The highest BCUT2D eigenvalue weighted by Crippen LogP contribution is 2.17. The fourth-order valence-corrected chi connectivity index (χ4v) is 1.66. The van der Waals surface area contributed by atoms with Gasteiger partial charge in [-0.3, -0.25) is 9.89 Å². The van der Waals surface area contributed by atoms with E-state index in [0.29, 0.717) is 16.4 Å². The summed E-state index contributed by atoms with van der Waals surface area (Å²) in [6, 6.07) is 5.23. The van der Waals surface area contributed by atoms with Gasteiger partial charge in [0, 0.05) is 16.1 Å². The summed E-state index contributed by atoms with van der Waals surface area (Å²) in [6.45, 7) is 3.73. The third kappa shape index (κ3) is 2.47. The van der Waals surface area contributed by atoms with Crippen molar-refractivity contribution < 1.29 is 4.79 Å². The molecule has 2 rings (SSSR count). The van der Waals surface area contributed by atoms with Gasteiger partial charge in [-0.15, -0.1) is 0 Å². The number of halogens is 1. The van der Waals surface area contributed by atoms with E-state index in [1.165, 1.54) is 0 Å². The zero-order valence-electron chi connectivity index (χ0n) is 9.54. The molecule has 0 fully saturated rings. The second kappa shape index (κ2) is 4.59. The Labute approximate surface area is 104 Å². The summed E-state index contributed by atoms with van der Waals surface area (Å²) in [6.07, 6.45) is 1.65. The fourth-order valence-electron chi connectivity index (χ4n) is 1.49. The minimum Gasteiger partial charge on any atom is -0.307 e. The molecule has 0 spiro atoms. The van der Waals surface area contributed by atoms with Gasteiger partial charge in [0.1, 0.15) is 5.82 Å². The molecular weight excluding hydrogens is 238 g/mol. The van der Waals surface area contributed by atoms with E-state index >= 15 is 0 Å². The van der Waals surface area contributed by atoms with Crippen molar-refractivity contribution in [3.05, 3.63) is 46.1 Å². The first-order valence-electron chi connectivity index (χ1n) is 5.15. The molecule has 1 heterocycles. The van der Waals surface area contributed by atoms with Gasteiger partial charge in [-0.25, -0.2) is 0 Å². The molecule has 1 aromatic carbocycles. The number of carbonyl (C=O) groups excluding carboxylic acids is 1. The first kappa shape index (κ1) is 11.7. The van der Waals surface area contributed by atoms with Gasteiger partial charge in [0.05, 0.1) is 6.20 Å². The van der Waals surface area contributed by atoms with Gasteiger partial charge in [-0.05, 0) is 31.5 Å². The van der Waals surface area contributed by atoms with Crippen molar-refractivity contribution in [1.82, 2.24) is 10.2 Å². The van der Waals surface area contributed by atoms with Crippen LogP contribution in [-0.4, -0.2) is 16.1 Å². The minimum atomic E-state index is -0.197. The number of H-pyrrole nitrogens is 1. The minimum absolute atomic E-state index is 0.197. The number of aromatic nitrogens is 2. The molecule has 1 aromatic heterocycles. The van der Waals surface area contributed by atoms with Crippen LogP contribution in [0, 0.1) is 13.8 Å². The number of hydrogen-bond acceptors (Lipinski definition) is 2. The Morgan fingerprint density at radius 1 is 1.35 bits per heavy atom. The maximum absolute atomic E-state index is 12.0. The Kier molecular flexibility index (Phi) is 3.15. The van der Waals surface area contributed by atoms with E-state index in [1.54, 1.807) is 18.3 Å². The number of rotatable bonds is 2. The van der Waals surface area contributed by atoms with E-state index in [0.717, 1.165) is 11.1 Å². The van der Waals surface area contributed by atoms with Crippen LogP contribution < -0.4 is 5.32 Å². The van der Waals surface area contributed by atoms with Crippen molar-refractivity contribution >= 4 is 23.3 Å². The Bertz CT molecular complexity index is 563. The van der Waals surface area contributed by atoms with Crippen LogP contribution in [-0.2, 0) is 0 Å². The largest absolute Gasteiger partial charge is 0.307 e. The van der Waals surface area contributed by atoms with Crippen molar-refractivity contribution in [3.63, 3.8) is 0 Å². The molecule has 0 bridgehead atoms. The van der Waals surface area contributed by atoms with Gasteiger partial charge in [-0.2, -0.15) is 5.10 Å². The van der Waals surface area contributed by atoms with Crippen LogP contribution in [0.15, 0.2) is 24.4 Å². The third-order valence-electron chi connectivity index (χ3n) is 2.51. The summed E-state index contributed by atoms with van der Waals surface area (Å²) in [5.74, 6) is 0.409. The number of carbonyl (C=O) groups is 1. The molecule has 0 atom stereocenters. The predicted octanol–water partition coefficient (Wildman–Crippen LogP) is 2.93. The molecular formula is C12H12ClN3O. The SMILES string of the molecule is Cc1ccc(Cl)cc1C(=O)Nc1[nH]ncc1C. The van der Waals surface area contributed by atoms with E-state index in [1.807, 2.05) is 19.9 Å². The smallest absolute Gasteiger partial charge is 0.257 e. The topological polar surface area (TPSA) is 57.8 Å². The summed E-state index contributed by atoms with van der Waals surface area (Å²) >= 11 is 5.87. The van der Waals surface area contributed by atoms with E-state index in [2.05, 4.69) is 15.5 Å². The molecule has 1 amide bonds. The number of amides is 1. The van der Waals surface area contributed by atoms with E-state index in [4.69, 9.17) is 11.6 Å². The molecule has 0 radical (unpaired) electrons. The standard InChI is InChI=1S/C12H12ClN3O/c1-7-3-4-9(13)5-10(7)12(17)15-11-8(2)6-14-16-11/h3-6H,1-2H3,(H2,14,15,16,17). The van der Waals surface area contributed by atoms with E-state index in [9.17, 15) is 4.79 Å². The Hall–Kier alpha value is -1.81. The fraction of sp³-hybridized carbons (Fsp3) is 0.167. The van der Waals surface area contributed by atoms with Crippen LogP contribution in [0.3, 0.4) is 0 Å². The van der Waals surface area contributed by atoms with E-state index in [-0.39, 0.29) is 5.91 Å². The number of anilines is 1. The van der Waals surface area contributed by atoms with Crippen LogP contribution >= 0.6 is 11.6 Å². The first-order valence-corrected chi connectivity index (χ1v) is 5.53. The molecule has 0 aliphatic rings. The van der Waals surface area contributed by atoms with Crippen LogP contribution in [0.5, 0.6) is 0 Å². The first-order chi connectivity index (χ1) is 8.08. The number of benzene rings is 1. The molecule has 0 aliphatic heterocycles. The number of aryl methyl sites for hydroxylation is 2. The maximum atomic E-state index is 12.0. The molecule has 17 heavy (non-hydrogen) atoms. The van der Waals surface area contributed by atoms with Gasteiger partial charge < -0.3 is 5.32 Å². The molecule has 0 saturated carbocycles. The molecule has 2 aromatic rings. The van der Waals surface area contributed by atoms with Gasteiger partial charge in [0.15, 0.2) is 0 Å². The molecule has 0 saturated heterocycles. The average Bonchev–Trinajstić information content (AvgIpc) is 2.68. The van der Waals surface area contributed by atoms with E-state index < -0.39 is 0 Å². The highest BCUT2D eigenvalue weighted by atomic mass is 35.5. The lowest BCUT2D eigenvalue weighted by Crippen LogP contribution is -2.14. The predicted molar refractivity (Wildman–Crippen MR) is 67.5 cm³/mol. The molecule has 5 heteroatoms. The number of hydrogen-bond donors (Lipinski definition) is 2. The van der Waals surface area contributed by atoms with Crippen LogP contribution in [0.25, 0.3) is 0 Å². The molecule has 2 N–H and O–H groups in total. The van der Waals surface area contributed by atoms with Crippen molar-refractivity contribution in [2.45, 2.75) is 13.8 Å². The second-order valence-corrected chi connectivity index (χ2v) is 4.28. The zero-order valence-corrected chi connectivity index (χ0v) is 10.3. The highest BCUT2D eigenvalue weighted by Gasteiger charge is 2.11. The van der Waals surface area contributed by atoms with Crippen molar-refractivity contribution in [3.8, 4) is 0 Å². The lowest BCUT2D eigenvalue weighted by molar-refractivity contribution is 0.102. The highest BCUT2D eigenvalue weighted by molar-refractivity contribution is 6.31. The van der Waals surface area contributed by atoms with Crippen molar-refractivity contribution in [1.29, 1.82) is 0 Å². The number of aromatic amines is 1. The summed E-state index contributed by atoms with van der Waals surface area (Å²) in [5, 5.41) is 9.87. The maximum Gasteiger partial charge on any atom is 0.257 e. The zero-order chi connectivity index (χ0) is 12.4. The molecule has 0 aliphatic carbocycles. The summed E-state index contributed by atoms with van der Waals surface area (Å²) in [5.41, 5.74) is 2.33. The van der Waals surface area contributed by atoms with Gasteiger partial charge in [0.2, 0.25) is 0 Å². The Morgan fingerprint density at radius 3 is 2.76 bits per heavy atom. The summed E-state index contributed by atoms with van der Waals surface area (Å²) in [4.78, 5) is 12.0. The Morgan fingerprint density at radius 2 is 2.12 bits per heavy atom. The van der Waals surface area contributed by atoms with Crippen molar-refractivity contribution in [2.24, 2.45) is 0 Å². The Balaban J connectivity index is 2.26.